The molecule has 0 fully saturated rings. The zero-order valence-electron chi connectivity index (χ0n) is 22.7. The zero-order valence-corrected chi connectivity index (χ0v) is 24.2. The quantitative estimate of drug-likeness (QED) is 0.335. The van der Waals surface area contributed by atoms with Gasteiger partial charge >= 0.3 is 0 Å². The average Bonchev–Trinajstić information content (AvgIpc) is 2.93. The molecule has 4 heterocycles. The molecule has 41 heavy (non-hydrogen) atoms. The molecule has 4 rings (SSSR count). The molecule has 0 bridgehead atoms. The fourth-order valence-corrected chi connectivity index (χ4v) is 4.53. The van der Waals surface area contributed by atoms with Crippen molar-refractivity contribution in [3.63, 3.8) is 0 Å². The van der Waals surface area contributed by atoms with Gasteiger partial charge in [-0.2, -0.15) is 0 Å². The van der Waals surface area contributed by atoms with E-state index < -0.39 is 17.0 Å². The number of aromatic nitrogens is 4. The summed E-state index contributed by atoms with van der Waals surface area (Å²) in [5.74, 6) is 0.291. The number of hydrogen-bond acceptors (Lipinski definition) is 8. The first-order valence-corrected chi connectivity index (χ1v) is 12.9. The zero-order chi connectivity index (χ0) is 30.1. The third-order valence-electron chi connectivity index (χ3n) is 6.18. The summed E-state index contributed by atoms with van der Waals surface area (Å²) in [6, 6.07) is 3.93. The van der Waals surface area contributed by atoms with Crippen molar-refractivity contribution in [3.8, 4) is 11.4 Å². The number of likely N-dealkylation sites (N-methyl/N-ethyl adjacent to an activating group) is 1. The number of allylic oxidation sites excluding steroid dienone is 3. The summed E-state index contributed by atoms with van der Waals surface area (Å²) in [4.78, 5) is 44.7. The fourth-order valence-electron chi connectivity index (χ4n) is 4.11. The van der Waals surface area contributed by atoms with Gasteiger partial charge in [-0.1, -0.05) is 23.2 Å². The molecule has 0 atom stereocenters. The van der Waals surface area contributed by atoms with Crippen LogP contribution < -0.4 is 4.90 Å². The van der Waals surface area contributed by atoms with Crippen LogP contribution in [0, 0.1) is 11.6 Å². The molecule has 212 valence electrons. The SMILES string of the molecule is CC1=CC(OCc2ncc(F)cc2F)=C(Cl)C(=C=O)N1c1cc(-c2ccnc(C(C)(C)C(=O)N(C)C)n2)ncc1Cl. The second-order valence-corrected chi connectivity index (χ2v) is 10.5. The smallest absolute Gasteiger partial charge is 0.235 e. The Hall–Kier alpha value is -4.18. The fraction of sp³-hybridized carbons (Fsp3) is 0.250. The van der Waals surface area contributed by atoms with Gasteiger partial charge in [0.1, 0.15) is 40.1 Å². The second kappa shape index (κ2) is 11.7. The Balaban J connectivity index is 1.68. The van der Waals surface area contributed by atoms with Crippen LogP contribution >= 0.6 is 23.2 Å². The molecular formula is C28H24Cl2F2N6O3. The summed E-state index contributed by atoms with van der Waals surface area (Å²) >= 11 is 13.0. The summed E-state index contributed by atoms with van der Waals surface area (Å²) in [7, 11) is 3.31. The molecule has 0 aliphatic carbocycles. The van der Waals surface area contributed by atoms with Crippen molar-refractivity contribution in [1.29, 1.82) is 0 Å². The predicted octanol–water partition coefficient (Wildman–Crippen LogP) is 5.34. The van der Waals surface area contributed by atoms with Gasteiger partial charge in [-0.15, -0.1) is 0 Å². The van der Waals surface area contributed by atoms with Gasteiger partial charge in [-0.25, -0.2) is 23.5 Å². The number of nitrogens with zero attached hydrogens (tertiary/aromatic N) is 6. The molecule has 0 aromatic carbocycles. The summed E-state index contributed by atoms with van der Waals surface area (Å²) in [6.45, 7) is 4.77. The molecule has 0 saturated heterocycles. The lowest BCUT2D eigenvalue weighted by Crippen LogP contribution is -2.40. The van der Waals surface area contributed by atoms with Gasteiger partial charge in [0, 0.05) is 44.3 Å². The molecule has 0 saturated carbocycles. The number of anilines is 1. The van der Waals surface area contributed by atoms with Gasteiger partial charge in [0.25, 0.3) is 0 Å². The minimum atomic E-state index is -1.00. The lowest BCUT2D eigenvalue weighted by Gasteiger charge is -2.30. The van der Waals surface area contributed by atoms with Crippen molar-refractivity contribution >= 4 is 40.7 Å². The number of rotatable bonds is 7. The average molecular weight is 601 g/mol. The van der Waals surface area contributed by atoms with Crippen LogP contribution in [0.15, 0.2) is 65.1 Å². The third kappa shape index (κ3) is 5.97. The molecule has 1 amide bonds. The van der Waals surface area contributed by atoms with E-state index in [2.05, 4.69) is 19.9 Å². The summed E-state index contributed by atoms with van der Waals surface area (Å²) in [5, 5.41) is 0.0777. The summed E-state index contributed by atoms with van der Waals surface area (Å²) in [6.07, 6.45) is 5.32. The molecule has 1 aliphatic heterocycles. The number of carbonyl (C=O) groups is 1. The Morgan fingerprint density at radius 1 is 1.12 bits per heavy atom. The van der Waals surface area contributed by atoms with Gasteiger partial charge < -0.3 is 14.5 Å². The monoisotopic (exact) mass is 600 g/mol. The van der Waals surface area contributed by atoms with Crippen LogP contribution in [-0.2, 0) is 26.3 Å². The van der Waals surface area contributed by atoms with Gasteiger partial charge in [0.15, 0.2) is 17.5 Å². The van der Waals surface area contributed by atoms with Crippen LogP contribution in [0.5, 0.6) is 0 Å². The van der Waals surface area contributed by atoms with Crippen LogP contribution in [0.4, 0.5) is 14.5 Å². The molecule has 0 N–H and O–H groups in total. The Kier molecular flexibility index (Phi) is 8.53. The van der Waals surface area contributed by atoms with Crippen molar-refractivity contribution < 1.29 is 23.1 Å². The first-order valence-electron chi connectivity index (χ1n) is 12.1. The minimum absolute atomic E-state index is 0.0583. The molecule has 3 aromatic heterocycles. The number of halogens is 4. The highest BCUT2D eigenvalue weighted by Gasteiger charge is 2.35. The van der Waals surface area contributed by atoms with Crippen LogP contribution in [0.3, 0.4) is 0 Å². The molecular weight excluding hydrogens is 577 g/mol. The highest BCUT2D eigenvalue weighted by atomic mass is 35.5. The second-order valence-electron chi connectivity index (χ2n) is 9.73. The summed E-state index contributed by atoms with van der Waals surface area (Å²) in [5.41, 5.74) is 0.354. The molecule has 9 nitrogen and oxygen atoms in total. The van der Waals surface area contributed by atoms with E-state index in [1.807, 2.05) is 5.94 Å². The Morgan fingerprint density at radius 2 is 1.85 bits per heavy atom. The largest absolute Gasteiger partial charge is 0.485 e. The highest BCUT2D eigenvalue weighted by Crippen LogP contribution is 2.40. The van der Waals surface area contributed by atoms with Crippen LogP contribution in [-0.4, -0.2) is 50.8 Å². The lowest BCUT2D eigenvalue weighted by atomic mass is 9.90. The first kappa shape index (κ1) is 29.8. The van der Waals surface area contributed by atoms with Crippen molar-refractivity contribution in [2.24, 2.45) is 0 Å². The lowest BCUT2D eigenvalue weighted by molar-refractivity contribution is -0.133. The van der Waals surface area contributed by atoms with E-state index in [0.717, 1.165) is 6.20 Å². The number of hydrogen-bond donors (Lipinski definition) is 0. The van der Waals surface area contributed by atoms with Crippen LogP contribution in [0.2, 0.25) is 5.02 Å². The minimum Gasteiger partial charge on any atom is -0.485 e. The van der Waals surface area contributed by atoms with Crippen molar-refractivity contribution in [2.45, 2.75) is 32.8 Å². The van der Waals surface area contributed by atoms with E-state index >= 15 is 0 Å². The maximum Gasteiger partial charge on any atom is 0.235 e. The molecule has 3 aromatic rings. The molecule has 1 aliphatic rings. The maximum atomic E-state index is 14.0. The highest BCUT2D eigenvalue weighted by molar-refractivity contribution is 6.35. The van der Waals surface area contributed by atoms with E-state index in [9.17, 15) is 18.4 Å². The Bertz CT molecular complexity index is 1650. The predicted molar refractivity (Wildman–Crippen MR) is 149 cm³/mol. The van der Waals surface area contributed by atoms with Crippen LogP contribution in [0.25, 0.3) is 11.4 Å². The standard InChI is InChI=1S/C28H24Cl2F2N6O3/c1-15-8-24(41-14-21-18(32)9-16(31)11-34-21)25(30)23(13-39)38(15)22-10-20(35-12-17(22)29)19-6-7-33-26(36-19)28(2,3)27(40)37(4)5/h6-12H,14H2,1-5H3. The van der Waals surface area contributed by atoms with Gasteiger partial charge in [-0.05, 0) is 32.9 Å². The van der Waals surface area contributed by atoms with Crippen molar-refractivity contribution in [1.82, 2.24) is 24.8 Å². The molecule has 0 spiro atoms. The van der Waals surface area contributed by atoms with E-state index in [4.69, 9.17) is 27.9 Å². The number of carbonyl (C=O) groups excluding carboxylic acids is 2. The normalized spacial score (nSPS) is 13.6. The number of amides is 1. The number of ether oxygens (including phenoxy) is 1. The third-order valence-corrected chi connectivity index (χ3v) is 6.84. The Labute approximate surface area is 244 Å². The van der Waals surface area contributed by atoms with Crippen molar-refractivity contribution in [3.05, 3.63) is 93.2 Å². The summed E-state index contributed by atoms with van der Waals surface area (Å²) < 4.78 is 32.8. The van der Waals surface area contributed by atoms with E-state index in [1.165, 1.54) is 28.3 Å². The molecule has 0 radical (unpaired) electrons. The van der Waals surface area contributed by atoms with E-state index in [0.29, 0.717) is 34.7 Å². The Morgan fingerprint density at radius 3 is 2.51 bits per heavy atom. The van der Waals surface area contributed by atoms with Crippen LogP contribution in [0.1, 0.15) is 32.3 Å². The molecule has 13 heteroatoms. The maximum absolute atomic E-state index is 14.0. The van der Waals surface area contributed by atoms with Gasteiger partial charge in [0.2, 0.25) is 5.91 Å². The topological polar surface area (TPSA) is 101 Å². The van der Waals surface area contributed by atoms with Gasteiger partial charge in [-0.3, -0.25) is 14.8 Å². The first-order chi connectivity index (χ1) is 19.3. The van der Waals surface area contributed by atoms with E-state index in [1.54, 1.807) is 47.0 Å². The van der Waals surface area contributed by atoms with E-state index in [-0.39, 0.29) is 39.7 Å². The number of pyridine rings is 2. The van der Waals surface area contributed by atoms with Crippen molar-refractivity contribution in [2.75, 3.05) is 19.0 Å². The van der Waals surface area contributed by atoms with Gasteiger partial charge in [0.05, 0.1) is 28.3 Å². The molecule has 0 unspecified atom stereocenters.